The van der Waals surface area contributed by atoms with E-state index in [1.807, 2.05) is 6.92 Å². The summed E-state index contributed by atoms with van der Waals surface area (Å²) in [7, 11) is -1.27. The highest BCUT2D eigenvalue weighted by Crippen LogP contribution is 2.41. The fourth-order valence-electron chi connectivity index (χ4n) is 3.22. The molecule has 2 amide bonds. The summed E-state index contributed by atoms with van der Waals surface area (Å²) in [4.78, 5) is 41.9. The molecule has 0 aliphatic carbocycles. The van der Waals surface area contributed by atoms with E-state index in [2.05, 4.69) is 10.3 Å². The molecule has 1 fully saturated rings. The van der Waals surface area contributed by atoms with Gasteiger partial charge in [0.05, 0.1) is 10.8 Å². The van der Waals surface area contributed by atoms with Crippen molar-refractivity contribution in [1.29, 1.82) is 0 Å². The molecule has 2 unspecified atom stereocenters. The molecule has 2 aliphatic rings. The van der Waals surface area contributed by atoms with Crippen LogP contribution in [0.5, 0.6) is 0 Å². The number of nitrogens with zero attached hydrogens (tertiary/aromatic N) is 2. The van der Waals surface area contributed by atoms with Gasteiger partial charge in [-0.3, -0.25) is 18.7 Å². The number of amides is 2. The smallest absolute Gasteiger partial charge is 0.352 e. The summed E-state index contributed by atoms with van der Waals surface area (Å²) in [6.45, 7) is 2.00. The van der Waals surface area contributed by atoms with Gasteiger partial charge in [-0.05, 0) is 29.9 Å². The van der Waals surface area contributed by atoms with Crippen LogP contribution in [-0.2, 0) is 25.2 Å². The van der Waals surface area contributed by atoms with Crippen LogP contribution in [0.4, 0.5) is 0 Å². The molecular formula is C19H23N3O5S3. The Morgan fingerprint density at radius 3 is 2.90 bits per heavy atom. The number of β-lactam (4-membered cyclic amide) rings is 1. The van der Waals surface area contributed by atoms with E-state index in [9.17, 15) is 23.7 Å². The second-order valence-electron chi connectivity index (χ2n) is 6.67. The average molecular weight is 470 g/mol. The maximum absolute atomic E-state index is 12.6. The van der Waals surface area contributed by atoms with Gasteiger partial charge in [0.2, 0.25) is 5.91 Å². The molecule has 162 valence electrons. The SMILES string of the molecule is CCSCC1=C(C(=O)O)N2C(=O)C(NC(=O)CCCS(=O)c3ccccn3)[C@H]2SC1. The topological polar surface area (TPSA) is 117 Å². The third-order valence-corrected chi connectivity index (χ3v) is 8.32. The molecule has 30 heavy (non-hydrogen) atoms. The van der Waals surface area contributed by atoms with Crippen LogP contribution in [0.15, 0.2) is 40.7 Å². The number of fused-ring (bicyclic) bond motifs is 1. The molecular weight excluding hydrogens is 446 g/mol. The van der Waals surface area contributed by atoms with Crippen LogP contribution in [0.25, 0.3) is 0 Å². The molecule has 2 N–H and O–H groups in total. The lowest BCUT2D eigenvalue weighted by Gasteiger charge is -2.49. The summed E-state index contributed by atoms with van der Waals surface area (Å²) in [6, 6.07) is 4.46. The van der Waals surface area contributed by atoms with Crippen LogP contribution in [0.1, 0.15) is 19.8 Å². The largest absolute Gasteiger partial charge is 0.477 e. The van der Waals surface area contributed by atoms with Gasteiger partial charge < -0.3 is 10.4 Å². The Balaban J connectivity index is 1.52. The van der Waals surface area contributed by atoms with Gasteiger partial charge >= 0.3 is 5.97 Å². The van der Waals surface area contributed by atoms with Gasteiger partial charge in [0.25, 0.3) is 5.91 Å². The first-order chi connectivity index (χ1) is 14.4. The van der Waals surface area contributed by atoms with Crippen molar-refractivity contribution in [3.8, 4) is 0 Å². The molecule has 0 saturated carbocycles. The van der Waals surface area contributed by atoms with Crippen molar-refractivity contribution in [2.75, 3.05) is 23.0 Å². The first-order valence-electron chi connectivity index (χ1n) is 9.50. The summed E-state index contributed by atoms with van der Waals surface area (Å²) < 4.78 is 12.2. The molecule has 1 saturated heterocycles. The Morgan fingerprint density at radius 2 is 2.23 bits per heavy atom. The van der Waals surface area contributed by atoms with Gasteiger partial charge in [-0.1, -0.05) is 13.0 Å². The summed E-state index contributed by atoms with van der Waals surface area (Å²) in [5, 5.41) is 12.4. The first kappa shape index (κ1) is 22.8. The molecule has 0 spiro atoms. The molecule has 1 aromatic rings. The van der Waals surface area contributed by atoms with E-state index in [0.29, 0.717) is 28.7 Å². The van der Waals surface area contributed by atoms with Crippen LogP contribution >= 0.6 is 23.5 Å². The highest BCUT2D eigenvalue weighted by molar-refractivity contribution is 8.01. The molecule has 8 nitrogen and oxygen atoms in total. The number of carboxylic acid groups (broad SMARTS) is 1. The summed E-state index contributed by atoms with van der Waals surface area (Å²) >= 11 is 3.09. The van der Waals surface area contributed by atoms with Gasteiger partial charge in [0.15, 0.2) is 0 Å². The second-order valence-corrected chi connectivity index (χ2v) is 10.6. The normalized spacial score (nSPS) is 21.6. The van der Waals surface area contributed by atoms with Crippen molar-refractivity contribution in [2.24, 2.45) is 0 Å². The zero-order chi connectivity index (χ0) is 21.7. The molecule has 2 aliphatic heterocycles. The number of hydrogen-bond acceptors (Lipinski definition) is 7. The van der Waals surface area contributed by atoms with Crippen LogP contribution in [0.3, 0.4) is 0 Å². The monoisotopic (exact) mass is 469 g/mol. The van der Waals surface area contributed by atoms with Gasteiger partial charge in [-0.25, -0.2) is 9.78 Å². The Labute approximate surface area is 185 Å². The standard InChI is InChI=1S/C19H23N3O5S3/c1-2-28-10-12-11-29-18-15(17(24)22(18)16(12)19(25)26)21-13(23)6-5-9-30(27)14-7-3-4-8-20-14/h3-4,7-8,15,18H,2,5-6,9-11H2,1H3,(H,21,23)(H,25,26)/t15?,18-,30?/m1/s1. The number of aromatic nitrogens is 1. The number of thioether (sulfide) groups is 2. The summed E-state index contributed by atoms with van der Waals surface area (Å²) in [5.41, 5.74) is 0.798. The van der Waals surface area contributed by atoms with Gasteiger partial charge in [-0.15, -0.1) is 11.8 Å². The van der Waals surface area contributed by atoms with Crippen LogP contribution in [0.2, 0.25) is 0 Å². The lowest BCUT2D eigenvalue weighted by Crippen LogP contribution is -2.70. The zero-order valence-electron chi connectivity index (χ0n) is 16.4. The van der Waals surface area contributed by atoms with E-state index < -0.39 is 34.1 Å². The predicted octanol–water partition coefficient (Wildman–Crippen LogP) is 1.46. The molecule has 0 bridgehead atoms. The van der Waals surface area contributed by atoms with E-state index in [-0.39, 0.29) is 18.0 Å². The van der Waals surface area contributed by atoms with E-state index in [1.165, 1.54) is 16.7 Å². The third kappa shape index (κ3) is 5.06. The van der Waals surface area contributed by atoms with E-state index >= 15 is 0 Å². The van der Waals surface area contributed by atoms with Crippen molar-refractivity contribution in [3.05, 3.63) is 35.7 Å². The number of carbonyl (C=O) groups excluding carboxylic acids is 2. The molecule has 3 heterocycles. The molecule has 0 radical (unpaired) electrons. The fourth-order valence-corrected chi connectivity index (χ4v) is 6.40. The lowest BCUT2D eigenvalue weighted by molar-refractivity contribution is -0.150. The Kier molecular flexibility index (Phi) is 7.95. The molecule has 3 atom stereocenters. The summed E-state index contributed by atoms with van der Waals surface area (Å²) in [6.07, 6.45) is 2.11. The Hall–Kier alpha value is -1.85. The van der Waals surface area contributed by atoms with Crippen LogP contribution < -0.4 is 5.32 Å². The minimum Gasteiger partial charge on any atom is -0.477 e. The number of pyridine rings is 1. The number of nitrogens with one attached hydrogen (secondary N) is 1. The van der Waals surface area contributed by atoms with Crippen molar-refractivity contribution < 1.29 is 23.7 Å². The van der Waals surface area contributed by atoms with Crippen molar-refractivity contribution in [1.82, 2.24) is 15.2 Å². The van der Waals surface area contributed by atoms with E-state index in [1.54, 1.807) is 36.2 Å². The van der Waals surface area contributed by atoms with Gasteiger partial charge in [0, 0.05) is 29.9 Å². The van der Waals surface area contributed by atoms with E-state index in [0.717, 1.165) is 11.3 Å². The molecule has 11 heteroatoms. The summed E-state index contributed by atoms with van der Waals surface area (Å²) in [5.74, 6) is 0.459. The number of carboxylic acids is 1. The lowest BCUT2D eigenvalue weighted by atomic mass is 10.0. The number of aliphatic carboxylic acids is 1. The molecule has 1 aromatic heterocycles. The zero-order valence-corrected chi connectivity index (χ0v) is 18.9. The Morgan fingerprint density at radius 1 is 1.43 bits per heavy atom. The van der Waals surface area contributed by atoms with Gasteiger partial charge in [0.1, 0.15) is 22.1 Å². The highest BCUT2D eigenvalue weighted by atomic mass is 32.2. The van der Waals surface area contributed by atoms with Crippen LogP contribution in [0, 0.1) is 0 Å². The maximum atomic E-state index is 12.6. The van der Waals surface area contributed by atoms with E-state index in [4.69, 9.17) is 0 Å². The van der Waals surface area contributed by atoms with Crippen molar-refractivity contribution in [3.63, 3.8) is 0 Å². The fraction of sp³-hybridized carbons (Fsp3) is 0.474. The first-order valence-corrected chi connectivity index (χ1v) is 13.0. The quantitative estimate of drug-likeness (QED) is 0.495. The second kappa shape index (κ2) is 10.5. The highest BCUT2D eigenvalue weighted by Gasteiger charge is 2.54. The number of rotatable bonds is 10. The third-order valence-electron chi connectivity index (χ3n) is 4.65. The average Bonchev–Trinajstić information content (AvgIpc) is 2.75. The number of carbonyl (C=O) groups is 3. The van der Waals surface area contributed by atoms with Crippen LogP contribution in [-0.4, -0.2) is 71.4 Å². The molecule has 0 aromatic carbocycles. The van der Waals surface area contributed by atoms with Crippen molar-refractivity contribution >= 4 is 52.1 Å². The minimum absolute atomic E-state index is 0.0564. The minimum atomic E-state index is -1.27. The molecule has 3 rings (SSSR count). The van der Waals surface area contributed by atoms with Gasteiger partial charge in [-0.2, -0.15) is 11.8 Å². The number of hydrogen-bond donors (Lipinski definition) is 2. The predicted molar refractivity (Wildman–Crippen MR) is 117 cm³/mol. The Bertz CT molecular complexity index is 877. The van der Waals surface area contributed by atoms with Crippen molar-refractivity contribution in [2.45, 2.75) is 36.2 Å². The maximum Gasteiger partial charge on any atom is 0.352 e.